The maximum absolute atomic E-state index is 11.6. The van der Waals surface area contributed by atoms with Crippen LogP contribution in [0.25, 0.3) is 10.9 Å². The van der Waals surface area contributed by atoms with Crippen LogP contribution in [0.1, 0.15) is 0 Å². The zero-order valence-electron chi connectivity index (χ0n) is 8.07. The minimum atomic E-state index is -0.595. The van der Waals surface area contributed by atoms with Crippen molar-refractivity contribution in [1.29, 1.82) is 0 Å². The van der Waals surface area contributed by atoms with Gasteiger partial charge < -0.3 is 9.15 Å². The summed E-state index contributed by atoms with van der Waals surface area (Å²) in [5.74, 6) is 2.24. The van der Waals surface area contributed by atoms with Gasteiger partial charge in [-0.3, -0.25) is 0 Å². The second-order valence-corrected chi connectivity index (χ2v) is 3.30. The van der Waals surface area contributed by atoms with E-state index in [1.807, 2.05) is 0 Å². The molecule has 0 aliphatic carbocycles. The minimum absolute atomic E-state index is 0.0119. The second kappa shape index (κ2) is 4.25. The molecule has 0 N–H and O–H groups in total. The molecular weight excluding hydrogens is 230 g/mol. The van der Waals surface area contributed by atoms with Crippen LogP contribution in [0.5, 0.6) is 6.08 Å². The Hall–Kier alpha value is -1.99. The van der Waals surface area contributed by atoms with Gasteiger partial charge in [-0.05, 0) is 12.1 Å². The molecule has 0 amide bonds. The topological polar surface area (TPSA) is 52.3 Å². The summed E-state index contributed by atoms with van der Waals surface area (Å²) < 4.78 is 9.73. The summed E-state index contributed by atoms with van der Waals surface area (Å²) >= 11 is 5.85. The normalized spacial score (nSPS) is 10.0. The van der Waals surface area contributed by atoms with E-state index in [9.17, 15) is 4.79 Å². The molecule has 0 fully saturated rings. The Balaban J connectivity index is 2.61. The molecule has 1 aromatic carbocycles. The van der Waals surface area contributed by atoms with E-state index < -0.39 is 5.63 Å². The Morgan fingerprint density at radius 3 is 3.12 bits per heavy atom. The third-order valence-electron chi connectivity index (χ3n) is 1.87. The fourth-order valence-electron chi connectivity index (χ4n) is 1.22. The molecule has 5 heteroatoms. The van der Waals surface area contributed by atoms with Crippen LogP contribution in [0, 0.1) is 12.3 Å². The summed E-state index contributed by atoms with van der Waals surface area (Å²) in [5.41, 5.74) is -0.182. The fourth-order valence-corrected chi connectivity index (χ4v) is 1.47. The van der Waals surface area contributed by atoms with E-state index in [2.05, 4.69) is 10.9 Å². The van der Waals surface area contributed by atoms with Gasteiger partial charge in [0.25, 0.3) is 0 Å². The average molecular weight is 236 g/mol. The number of aromatic nitrogens is 1. The highest BCUT2D eigenvalue weighted by atomic mass is 35.5. The van der Waals surface area contributed by atoms with E-state index in [1.54, 1.807) is 18.2 Å². The van der Waals surface area contributed by atoms with Gasteiger partial charge in [-0.2, -0.15) is 4.98 Å². The minimum Gasteiger partial charge on any atom is -0.437 e. The second-order valence-electron chi connectivity index (χ2n) is 2.89. The maximum atomic E-state index is 11.6. The number of terminal acetylenes is 1. The van der Waals surface area contributed by atoms with Crippen molar-refractivity contribution in [3.63, 3.8) is 0 Å². The molecule has 0 unspecified atom stereocenters. The Morgan fingerprint density at radius 1 is 1.56 bits per heavy atom. The molecule has 0 aliphatic heterocycles. The lowest BCUT2D eigenvalue weighted by Crippen LogP contribution is -2.05. The molecule has 1 heterocycles. The highest BCUT2D eigenvalue weighted by molar-refractivity contribution is 6.35. The third kappa shape index (κ3) is 1.86. The van der Waals surface area contributed by atoms with Crippen molar-refractivity contribution in [1.82, 2.24) is 4.98 Å². The Bertz CT molecular complexity index is 627. The van der Waals surface area contributed by atoms with Crippen LogP contribution in [0.15, 0.2) is 27.4 Å². The Kier molecular flexibility index (Phi) is 2.80. The molecular formula is C11H6ClNO3. The van der Waals surface area contributed by atoms with Gasteiger partial charge in [-0.25, -0.2) is 4.79 Å². The first kappa shape index (κ1) is 10.5. The van der Waals surface area contributed by atoms with Crippen molar-refractivity contribution >= 4 is 22.5 Å². The highest BCUT2D eigenvalue weighted by Crippen LogP contribution is 2.20. The standard InChI is InChI=1S/C11H6ClNO3/c1-2-6-15-11-13-8-5-3-4-7(12)9(8)10(14)16-11/h1,3-5H,6H2. The molecule has 0 saturated heterocycles. The van der Waals surface area contributed by atoms with Crippen molar-refractivity contribution in [2.24, 2.45) is 0 Å². The van der Waals surface area contributed by atoms with Gasteiger partial charge in [0.1, 0.15) is 5.39 Å². The first-order chi connectivity index (χ1) is 7.72. The van der Waals surface area contributed by atoms with E-state index >= 15 is 0 Å². The lowest BCUT2D eigenvalue weighted by atomic mass is 10.2. The van der Waals surface area contributed by atoms with Gasteiger partial charge in [0.15, 0.2) is 6.61 Å². The lowest BCUT2D eigenvalue weighted by Gasteiger charge is -2.01. The number of halogens is 1. The molecule has 0 atom stereocenters. The highest BCUT2D eigenvalue weighted by Gasteiger charge is 2.09. The fraction of sp³-hybridized carbons (Fsp3) is 0.0909. The Morgan fingerprint density at radius 2 is 2.38 bits per heavy atom. The number of nitrogens with zero attached hydrogens (tertiary/aromatic N) is 1. The number of fused-ring (bicyclic) bond motifs is 1. The van der Waals surface area contributed by atoms with Crippen LogP contribution in [-0.2, 0) is 0 Å². The van der Waals surface area contributed by atoms with E-state index in [4.69, 9.17) is 27.2 Å². The van der Waals surface area contributed by atoms with Crippen LogP contribution < -0.4 is 10.4 Å². The van der Waals surface area contributed by atoms with Gasteiger partial charge in [-0.1, -0.05) is 23.6 Å². The van der Waals surface area contributed by atoms with Gasteiger partial charge in [-0.15, -0.1) is 6.42 Å². The molecule has 0 saturated carbocycles. The zero-order valence-corrected chi connectivity index (χ0v) is 8.82. The van der Waals surface area contributed by atoms with E-state index in [0.29, 0.717) is 10.5 Å². The van der Waals surface area contributed by atoms with Gasteiger partial charge >= 0.3 is 11.7 Å². The monoisotopic (exact) mass is 235 g/mol. The quantitative estimate of drug-likeness (QED) is 0.746. The van der Waals surface area contributed by atoms with Crippen LogP contribution in [0.3, 0.4) is 0 Å². The van der Waals surface area contributed by atoms with Crippen molar-refractivity contribution in [3.05, 3.63) is 33.6 Å². The summed E-state index contributed by atoms with van der Waals surface area (Å²) in [5, 5.41) is 0.527. The van der Waals surface area contributed by atoms with Crippen molar-refractivity contribution in [3.8, 4) is 18.4 Å². The Labute approximate surface area is 95.8 Å². The van der Waals surface area contributed by atoms with Crippen LogP contribution >= 0.6 is 11.6 Å². The smallest absolute Gasteiger partial charge is 0.398 e. The molecule has 0 aliphatic rings. The predicted octanol–water partition coefficient (Wildman–Crippen LogP) is 1.85. The SMILES string of the molecule is C#CCOc1nc2cccc(Cl)c2c(=O)o1. The number of hydrogen-bond acceptors (Lipinski definition) is 4. The van der Waals surface area contributed by atoms with E-state index in [-0.39, 0.29) is 18.1 Å². The number of hydrogen-bond donors (Lipinski definition) is 0. The van der Waals surface area contributed by atoms with Crippen molar-refractivity contribution in [2.75, 3.05) is 6.61 Å². The summed E-state index contributed by atoms with van der Waals surface area (Å²) in [6, 6.07) is 4.91. The molecule has 16 heavy (non-hydrogen) atoms. The van der Waals surface area contributed by atoms with Crippen LogP contribution in [-0.4, -0.2) is 11.6 Å². The summed E-state index contributed by atoms with van der Waals surface area (Å²) in [6.45, 7) is -0.0119. The van der Waals surface area contributed by atoms with Crippen LogP contribution in [0.4, 0.5) is 0 Å². The molecule has 0 spiro atoms. The van der Waals surface area contributed by atoms with Crippen molar-refractivity contribution in [2.45, 2.75) is 0 Å². The molecule has 1 aromatic heterocycles. The first-order valence-corrected chi connectivity index (χ1v) is 4.76. The molecule has 2 rings (SSSR count). The van der Waals surface area contributed by atoms with Crippen molar-refractivity contribution < 1.29 is 9.15 Å². The zero-order chi connectivity index (χ0) is 11.5. The molecule has 80 valence electrons. The number of rotatable bonds is 2. The number of benzene rings is 1. The first-order valence-electron chi connectivity index (χ1n) is 4.38. The average Bonchev–Trinajstić information content (AvgIpc) is 2.26. The molecule has 4 nitrogen and oxygen atoms in total. The summed E-state index contributed by atoms with van der Waals surface area (Å²) in [6.07, 6.45) is 4.85. The summed E-state index contributed by atoms with van der Waals surface area (Å²) in [7, 11) is 0. The van der Waals surface area contributed by atoms with E-state index in [0.717, 1.165) is 0 Å². The number of ether oxygens (including phenoxy) is 1. The van der Waals surface area contributed by atoms with E-state index in [1.165, 1.54) is 0 Å². The lowest BCUT2D eigenvalue weighted by molar-refractivity contribution is 0.246. The summed E-state index contributed by atoms with van der Waals surface area (Å²) in [4.78, 5) is 15.5. The predicted molar refractivity (Wildman–Crippen MR) is 59.6 cm³/mol. The van der Waals surface area contributed by atoms with Crippen LogP contribution in [0.2, 0.25) is 5.02 Å². The molecule has 2 aromatic rings. The maximum Gasteiger partial charge on any atom is 0.398 e. The van der Waals surface area contributed by atoms with Gasteiger partial charge in [0.2, 0.25) is 0 Å². The largest absolute Gasteiger partial charge is 0.437 e. The van der Waals surface area contributed by atoms with Gasteiger partial charge in [0, 0.05) is 0 Å². The van der Waals surface area contributed by atoms with Gasteiger partial charge in [0.05, 0.1) is 10.5 Å². The molecule has 0 radical (unpaired) electrons. The molecule has 0 bridgehead atoms. The third-order valence-corrected chi connectivity index (χ3v) is 2.18.